The van der Waals surface area contributed by atoms with Gasteiger partial charge in [-0.2, -0.15) is 0 Å². The smallest absolute Gasteiger partial charge is 0.138 e. The minimum absolute atomic E-state index is 0.00286. The Kier molecular flexibility index (Phi) is 9.42. The number of aryl methyl sites for hydroxylation is 1. The summed E-state index contributed by atoms with van der Waals surface area (Å²) in [4.78, 5) is 10.0. The van der Waals surface area contributed by atoms with E-state index in [1.165, 1.54) is 55.8 Å². The first kappa shape index (κ1) is 39.1. The second-order valence-electron chi connectivity index (χ2n) is 19.5. The number of hydrogen-bond acceptors (Lipinski definition) is 4. The number of anilines is 4. The maximum atomic E-state index is 6.77. The number of rotatable bonds is 6. The second-order valence-corrected chi connectivity index (χ2v) is 19.5. The Labute approximate surface area is 355 Å². The molecule has 0 amide bonds. The molecule has 6 aromatic carbocycles. The Morgan fingerprint density at radius 2 is 1.13 bits per heavy atom. The number of hydrogen-bond donors (Lipinski definition) is 0. The first-order valence-electron chi connectivity index (χ1n) is 21.2. The molecule has 0 fully saturated rings. The molecule has 5 nitrogen and oxygen atoms in total. The fourth-order valence-electron chi connectivity index (χ4n) is 8.67. The van der Waals surface area contributed by atoms with E-state index < -0.39 is 0 Å². The number of nitrogens with zero attached hydrogens (tertiary/aromatic N) is 4. The Morgan fingerprint density at radius 1 is 0.517 bits per heavy atom. The lowest BCUT2D eigenvalue weighted by atomic mass is 9.77. The molecule has 3 heterocycles. The van der Waals surface area contributed by atoms with Gasteiger partial charge in [0.2, 0.25) is 0 Å². The molecule has 0 saturated carbocycles. The predicted molar refractivity (Wildman–Crippen MR) is 253 cm³/mol. The van der Waals surface area contributed by atoms with Gasteiger partial charge in [0.1, 0.15) is 24.0 Å². The van der Waals surface area contributed by atoms with Gasteiger partial charge in [0, 0.05) is 40.5 Å². The van der Waals surface area contributed by atoms with Gasteiger partial charge >= 0.3 is 0 Å². The van der Waals surface area contributed by atoms with Crippen molar-refractivity contribution >= 4 is 44.6 Å². The van der Waals surface area contributed by atoms with Gasteiger partial charge in [-0.1, -0.05) is 135 Å². The van der Waals surface area contributed by atoms with E-state index in [4.69, 9.17) is 9.72 Å². The molecule has 2 aromatic heterocycles. The van der Waals surface area contributed by atoms with Crippen molar-refractivity contribution < 1.29 is 4.74 Å². The van der Waals surface area contributed by atoms with Crippen LogP contribution in [0.15, 0.2) is 146 Å². The van der Waals surface area contributed by atoms with Gasteiger partial charge in [0.15, 0.2) is 0 Å². The Balaban J connectivity index is 1.13. The summed E-state index contributed by atoms with van der Waals surface area (Å²) in [7, 11) is 0. The van der Waals surface area contributed by atoms with Crippen molar-refractivity contribution in [2.75, 3.05) is 16.5 Å². The summed E-state index contributed by atoms with van der Waals surface area (Å²) in [5, 5.41) is 2.34. The van der Waals surface area contributed by atoms with Crippen LogP contribution in [0.4, 0.5) is 22.7 Å². The summed E-state index contributed by atoms with van der Waals surface area (Å²) in [6, 6.07) is 50.3. The van der Waals surface area contributed by atoms with Crippen molar-refractivity contribution in [2.24, 2.45) is 0 Å². The molecule has 60 heavy (non-hydrogen) atoms. The molecule has 0 unspecified atom stereocenters. The van der Waals surface area contributed by atoms with Crippen molar-refractivity contribution in [3.8, 4) is 28.4 Å². The molecule has 1 aliphatic rings. The first-order chi connectivity index (χ1) is 28.5. The third kappa shape index (κ3) is 7.10. The standard InChI is InChI=1S/C55H56N4O/c1-36-18-11-13-22-47(36)58-35-57(49-24-15-16-25-50(49)58)40-19-17-20-41(31-40)60-42-26-27-44-43-21-12-14-23-48(43)59(51(44)32-42)52-33-45(46(34-56-52)55(8,9)10)37-28-38(53(2,3)4)30-39(29-37)54(5,6)7/h11-34H,35H2,1-10H3. The van der Waals surface area contributed by atoms with Crippen LogP contribution in [0.5, 0.6) is 11.5 Å². The fourth-order valence-corrected chi connectivity index (χ4v) is 8.67. The Hall–Kier alpha value is -6.33. The van der Waals surface area contributed by atoms with Gasteiger partial charge in [-0.25, -0.2) is 4.98 Å². The van der Waals surface area contributed by atoms with Gasteiger partial charge in [-0.3, -0.25) is 4.57 Å². The van der Waals surface area contributed by atoms with E-state index >= 15 is 0 Å². The van der Waals surface area contributed by atoms with Crippen LogP contribution < -0.4 is 14.5 Å². The Bertz CT molecular complexity index is 2880. The minimum Gasteiger partial charge on any atom is -0.457 e. The van der Waals surface area contributed by atoms with E-state index in [-0.39, 0.29) is 16.2 Å². The first-order valence-corrected chi connectivity index (χ1v) is 21.2. The summed E-state index contributed by atoms with van der Waals surface area (Å²) >= 11 is 0. The molecular weight excluding hydrogens is 733 g/mol. The summed E-state index contributed by atoms with van der Waals surface area (Å²) in [5.74, 6) is 2.43. The highest BCUT2D eigenvalue weighted by Crippen LogP contribution is 2.46. The van der Waals surface area contributed by atoms with Gasteiger partial charge in [0.25, 0.3) is 0 Å². The zero-order valence-corrected chi connectivity index (χ0v) is 36.8. The van der Waals surface area contributed by atoms with E-state index in [1.807, 2.05) is 6.07 Å². The van der Waals surface area contributed by atoms with Crippen molar-refractivity contribution in [3.05, 3.63) is 168 Å². The van der Waals surface area contributed by atoms with Crippen molar-refractivity contribution in [1.82, 2.24) is 9.55 Å². The molecule has 1 aliphatic heterocycles. The molecule has 0 aliphatic carbocycles. The van der Waals surface area contributed by atoms with Crippen LogP contribution in [0.2, 0.25) is 0 Å². The van der Waals surface area contributed by atoms with Crippen LogP contribution in [-0.2, 0) is 16.2 Å². The minimum atomic E-state index is -0.118. The highest BCUT2D eigenvalue weighted by molar-refractivity contribution is 6.09. The lowest BCUT2D eigenvalue weighted by Gasteiger charge is -2.28. The molecule has 0 spiro atoms. The van der Waals surface area contributed by atoms with Crippen LogP contribution in [0.1, 0.15) is 84.6 Å². The van der Waals surface area contributed by atoms with E-state index in [0.717, 1.165) is 39.4 Å². The van der Waals surface area contributed by atoms with Crippen LogP contribution >= 0.6 is 0 Å². The topological polar surface area (TPSA) is 33.5 Å². The number of ether oxygens (including phenoxy) is 1. The number of fused-ring (bicyclic) bond motifs is 4. The quantitative estimate of drug-likeness (QED) is 0.168. The lowest BCUT2D eigenvalue weighted by Crippen LogP contribution is -2.24. The molecule has 5 heteroatoms. The maximum absolute atomic E-state index is 6.77. The fraction of sp³-hybridized carbons (Fsp3) is 0.255. The SMILES string of the molecule is Cc1ccccc1N1CN(c2cccc(Oc3ccc4c5ccccc5n(-c5cc(-c6cc(C(C)(C)C)cc(C(C)(C)C)c6)c(C(C)(C)C)cn5)c4c3)c2)c2ccccc21. The van der Waals surface area contributed by atoms with Gasteiger partial charge in [-0.05, 0) is 111 Å². The third-order valence-corrected chi connectivity index (χ3v) is 12.1. The van der Waals surface area contributed by atoms with Gasteiger partial charge in [-0.15, -0.1) is 0 Å². The second kappa shape index (κ2) is 14.4. The van der Waals surface area contributed by atoms with Crippen LogP contribution in [0.3, 0.4) is 0 Å². The van der Waals surface area contributed by atoms with Crippen molar-refractivity contribution in [2.45, 2.75) is 85.5 Å². The van der Waals surface area contributed by atoms with E-state index in [1.54, 1.807) is 0 Å². The summed E-state index contributed by atoms with van der Waals surface area (Å²) < 4.78 is 9.07. The number of benzene rings is 6. The average Bonchev–Trinajstić information content (AvgIpc) is 3.76. The number of aromatic nitrogens is 2. The zero-order valence-electron chi connectivity index (χ0n) is 36.8. The summed E-state index contributed by atoms with van der Waals surface area (Å²) in [6.07, 6.45) is 2.11. The Morgan fingerprint density at radius 3 is 1.82 bits per heavy atom. The molecule has 0 radical (unpaired) electrons. The van der Waals surface area contributed by atoms with Crippen molar-refractivity contribution in [3.63, 3.8) is 0 Å². The van der Waals surface area contributed by atoms with Gasteiger partial charge < -0.3 is 14.5 Å². The van der Waals surface area contributed by atoms with E-state index in [9.17, 15) is 0 Å². The lowest BCUT2D eigenvalue weighted by molar-refractivity contribution is 0.483. The van der Waals surface area contributed by atoms with Crippen molar-refractivity contribution in [1.29, 1.82) is 0 Å². The highest BCUT2D eigenvalue weighted by atomic mass is 16.5. The van der Waals surface area contributed by atoms with E-state index in [2.05, 4.69) is 223 Å². The number of para-hydroxylation sites is 4. The normalized spacial score (nSPS) is 13.4. The maximum Gasteiger partial charge on any atom is 0.138 e. The molecule has 9 rings (SSSR count). The monoisotopic (exact) mass is 788 g/mol. The summed E-state index contributed by atoms with van der Waals surface area (Å²) in [5.41, 5.74) is 14.3. The number of pyridine rings is 1. The average molecular weight is 789 g/mol. The molecule has 0 N–H and O–H groups in total. The van der Waals surface area contributed by atoms with Crippen LogP contribution in [-0.4, -0.2) is 16.2 Å². The highest BCUT2D eigenvalue weighted by Gasteiger charge is 2.29. The van der Waals surface area contributed by atoms with Gasteiger partial charge in [0.05, 0.1) is 22.4 Å². The molecule has 0 bridgehead atoms. The van der Waals surface area contributed by atoms with Crippen LogP contribution in [0, 0.1) is 6.92 Å². The molecular formula is C55H56N4O. The molecule has 0 atom stereocenters. The molecule has 302 valence electrons. The summed E-state index contributed by atoms with van der Waals surface area (Å²) in [6.45, 7) is 23.6. The van der Waals surface area contributed by atoms with E-state index in [0.29, 0.717) is 6.67 Å². The predicted octanol–water partition coefficient (Wildman–Crippen LogP) is 15.1. The molecule has 0 saturated heterocycles. The third-order valence-electron chi connectivity index (χ3n) is 12.1. The zero-order chi connectivity index (χ0) is 42.1. The molecule has 8 aromatic rings. The largest absolute Gasteiger partial charge is 0.457 e. The van der Waals surface area contributed by atoms with Crippen LogP contribution in [0.25, 0.3) is 38.8 Å².